The maximum Gasteiger partial charge on any atom is 0.0465 e. The third-order valence-corrected chi connectivity index (χ3v) is 5.42. The molecular formula is C15H24N2S. The molecule has 0 aliphatic carbocycles. The van der Waals surface area contributed by atoms with Gasteiger partial charge in [-0.25, -0.2) is 0 Å². The molecule has 2 saturated heterocycles. The lowest BCUT2D eigenvalue weighted by Crippen LogP contribution is -2.51. The fraction of sp³-hybridized carbons (Fsp3) is 0.733. The van der Waals surface area contributed by atoms with Crippen LogP contribution in [0.2, 0.25) is 0 Å². The molecule has 100 valence electrons. The van der Waals surface area contributed by atoms with E-state index < -0.39 is 0 Å². The van der Waals surface area contributed by atoms with Gasteiger partial charge in [0.1, 0.15) is 0 Å². The van der Waals surface area contributed by atoms with Gasteiger partial charge in [0.15, 0.2) is 0 Å². The summed E-state index contributed by atoms with van der Waals surface area (Å²) in [6, 6.07) is 5.98. The largest absolute Gasteiger partial charge is 0.298 e. The molecule has 3 heterocycles. The van der Waals surface area contributed by atoms with E-state index in [1.807, 2.05) is 11.3 Å². The molecule has 2 unspecified atom stereocenters. The van der Waals surface area contributed by atoms with Crippen LogP contribution in [-0.4, -0.2) is 42.0 Å². The Morgan fingerprint density at radius 3 is 2.89 bits per heavy atom. The van der Waals surface area contributed by atoms with Gasteiger partial charge in [0.05, 0.1) is 0 Å². The molecule has 1 aromatic rings. The molecule has 0 N–H and O–H groups in total. The van der Waals surface area contributed by atoms with E-state index >= 15 is 0 Å². The lowest BCUT2D eigenvalue weighted by molar-refractivity contribution is 0.0554. The number of thiophene rings is 1. The quantitative estimate of drug-likeness (QED) is 0.827. The summed E-state index contributed by atoms with van der Waals surface area (Å²) in [7, 11) is 0. The Kier molecular flexibility index (Phi) is 3.73. The summed E-state index contributed by atoms with van der Waals surface area (Å²) in [5, 5.41) is 2.22. The van der Waals surface area contributed by atoms with Crippen LogP contribution in [0.4, 0.5) is 0 Å². The first kappa shape index (κ1) is 12.6. The van der Waals surface area contributed by atoms with Crippen LogP contribution < -0.4 is 0 Å². The lowest BCUT2D eigenvalue weighted by Gasteiger charge is -2.42. The molecule has 2 nitrogen and oxygen atoms in total. The Labute approximate surface area is 115 Å². The van der Waals surface area contributed by atoms with E-state index in [-0.39, 0.29) is 0 Å². The molecule has 3 heteroatoms. The van der Waals surface area contributed by atoms with Crippen LogP contribution in [-0.2, 0) is 0 Å². The predicted octanol–water partition coefficient (Wildman–Crippen LogP) is 3.23. The second-order valence-electron chi connectivity index (χ2n) is 6.03. The number of rotatable bonds is 3. The van der Waals surface area contributed by atoms with E-state index in [2.05, 4.69) is 41.2 Å². The van der Waals surface area contributed by atoms with E-state index in [9.17, 15) is 0 Å². The van der Waals surface area contributed by atoms with Crippen molar-refractivity contribution in [3.63, 3.8) is 0 Å². The van der Waals surface area contributed by atoms with Gasteiger partial charge in [0.2, 0.25) is 0 Å². The summed E-state index contributed by atoms with van der Waals surface area (Å²) in [5.74, 6) is 0.705. The summed E-state index contributed by atoms with van der Waals surface area (Å²) in [6.45, 7) is 9.87. The fourth-order valence-corrected chi connectivity index (χ4v) is 4.69. The fourth-order valence-electron chi connectivity index (χ4n) is 3.66. The smallest absolute Gasteiger partial charge is 0.0465 e. The van der Waals surface area contributed by atoms with Gasteiger partial charge < -0.3 is 0 Å². The topological polar surface area (TPSA) is 6.48 Å². The Bertz CT molecular complexity index is 374. The van der Waals surface area contributed by atoms with Gasteiger partial charge in [-0.3, -0.25) is 9.80 Å². The third kappa shape index (κ3) is 2.36. The molecule has 0 amide bonds. The van der Waals surface area contributed by atoms with Crippen LogP contribution in [0, 0.1) is 5.92 Å². The monoisotopic (exact) mass is 264 g/mol. The van der Waals surface area contributed by atoms with Crippen molar-refractivity contribution in [2.24, 2.45) is 5.92 Å². The normalized spacial score (nSPS) is 27.6. The number of hydrogen-bond acceptors (Lipinski definition) is 3. The van der Waals surface area contributed by atoms with Gasteiger partial charge in [-0.05, 0) is 36.8 Å². The molecule has 18 heavy (non-hydrogen) atoms. The first-order chi connectivity index (χ1) is 8.75. The van der Waals surface area contributed by atoms with E-state index in [4.69, 9.17) is 0 Å². The van der Waals surface area contributed by atoms with E-state index in [1.54, 1.807) is 4.88 Å². The minimum absolute atomic E-state index is 0.632. The van der Waals surface area contributed by atoms with Crippen molar-refractivity contribution in [1.82, 2.24) is 9.80 Å². The van der Waals surface area contributed by atoms with Crippen LogP contribution in [0.3, 0.4) is 0 Å². The SMILES string of the molecule is CC(C)C(c1cccs1)N1CCN2CCCC2C1. The highest BCUT2D eigenvalue weighted by Crippen LogP contribution is 2.34. The van der Waals surface area contributed by atoms with Crippen molar-refractivity contribution in [1.29, 1.82) is 0 Å². The zero-order valence-corrected chi connectivity index (χ0v) is 12.3. The maximum atomic E-state index is 2.74. The molecule has 0 saturated carbocycles. The van der Waals surface area contributed by atoms with Gasteiger partial charge in [-0.2, -0.15) is 0 Å². The summed E-state index contributed by atoms with van der Waals surface area (Å²) >= 11 is 1.92. The van der Waals surface area contributed by atoms with Crippen LogP contribution >= 0.6 is 11.3 Å². The van der Waals surface area contributed by atoms with E-state index in [0.29, 0.717) is 12.0 Å². The first-order valence-electron chi connectivity index (χ1n) is 7.27. The molecule has 2 aliphatic heterocycles. The standard InChI is InChI=1S/C15H24N2S/c1-12(2)15(14-6-4-10-18-14)17-9-8-16-7-3-5-13(16)11-17/h4,6,10,12-13,15H,3,5,7-9,11H2,1-2H3. The van der Waals surface area contributed by atoms with Crippen molar-refractivity contribution in [2.45, 2.75) is 38.8 Å². The van der Waals surface area contributed by atoms with Gasteiger partial charge in [-0.1, -0.05) is 19.9 Å². The van der Waals surface area contributed by atoms with Gasteiger partial charge in [-0.15, -0.1) is 11.3 Å². The summed E-state index contributed by atoms with van der Waals surface area (Å²) in [4.78, 5) is 6.99. The van der Waals surface area contributed by atoms with E-state index in [1.165, 1.54) is 39.0 Å². The molecule has 1 aromatic heterocycles. The second-order valence-corrected chi connectivity index (χ2v) is 7.01. The summed E-state index contributed by atoms with van der Waals surface area (Å²) in [6.07, 6.45) is 2.82. The number of fused-ring (bicyclic) bond motifs is 1. The Hall–Kier alpha value is -0.380. The maximum absolute atomic E-state index is 2.74. The number of hydrogen-bond donors (Lipinski definition) is 0. The number of piperazine rings is 1. The van der Waals surface area contributed by atoms with Gasteiger partial charge in [0.25, 0.3) is 0 Å². The molecule has 3 rings (SSSR count). The Morgan fingerprint density at radius 2 is 2.17 bits per heavy atom. The summed E-state index contributed by atoms with van der Waals surface area (Å²) < 4.78 is 0. The molecule has 0 bridgehead atoms. The molecule has 2 atom stereocenters. The van der Waals surface area contributed by atoms with Crippen LogP contribution in [0.15, 0.2) is 17.5 Å². The van der Waals surface area contributed by atoms with Crippen LogP contribution in [0.25, 0.3) is 0 Å². The van der Waals surface area contributed by atoms with Crippen molar-refractivity contribution >= 4 is 11.3 Å². The Balaban J connectivity index is 1.75. The third-order valence-electron chi connectivity index (χ3n) is 4.48. The van der Waals surface area contributed by atoms with Crippen molar-refractivity contribution in [3.05, 3.63) is 22.4 Å². The molecular weight excluding hydrogens is 240 g/mol. The highest BCUT2D eigenvalue weighted by atomic mass is 32.1. The average Bonchev–Trinajstić information content (AvgIpc) is 2.98. The van der Waals surface area contributed by atoms with Gasteiger partial charge >= 0.3 is 0 Å². The van der Waals surface area contributed by atoms with Crippen molar-refractivity contribution < 1.29 is 0 Å². The zero-order chi connectivity index (χ0) is 12.5. The molecule has 2 fully saturated rings. The zero-order valence-electron chi connectivity index (χ0n) is 11.5. The average molecular weight is 264 g/mol. The number of nitrogens with zero attached hydrogens (tertiary/aromatic N) is 2. The molecule has 0 radical (unpaired) electrons. The lowest BCUT2D eigenvalue weighted by atomic mass is 9.98. The van der Waals surface area contributed by atoms with Crippen molar-refractivity contribution in [2.75, 3.05) is 26.2 Å². The highest BCUT2D eigenvalue weighted by Gasteiger charge is 2.35. The van der Waals surface area contributed by atoms with Crippen LogP contribution in [0.1, 0.15) is 37.6 Å². The first-order valence-corrected chi connectivity index (χ1v) is 8.15. The van der Waals surface area contributed by atoms with Gasteiger partial charge in [0, 0.05) is 36.6 Å². The summed E-state index contributed by atoms with van der Waals surface area (Å²) in [5.41, 5.74) is 0. The minimum atomic E-state index is 0.632. The van der Waals surface area contributed by atoms with Crippen LogP contribution in [0.5, 0.6) is 0 Å². The highest BCUT2D eigenvalue weighted by molar-refractivity contribution is 7.10. The molecule has 0 aromatic carbocycles. The second kappa shape index (κ2) is 5.32. The molecule has 2 aliphatic rings. The van der Waals surface area contributed by atoms with E-state index in [0.717, 1.165) is 6.04 Å². The predicted molar refractivity (Wildman–Crippen MR) is 78.1 cm³/mol. The Morgan fingerprint density at radius 1 is 1.28 bits per heavy atom. The minimum Gasteiger partial charge on any atom is -0.298 e. The molecule has 0 spiro atoms. The van der Waals surface area contributed by atoms with Crippen molar-refractivity contribution in [3.8, 4) is 0 Å².